The Bertz CT molecular complexity index is 327. The molecule has 0 bridgehead atoms. The molecule has 0 unspecified atom stereocenters. The van der Waals surface area contributed by atoms with Crippen LogP contribution in [0, 0.1) is 5.92 Å². The summed E-state index contributed by atoms with van der Waals surface area (Å²) in [5.41, 5.74) is 0.804. The molecule has 0 aromatic heterocycles. The third-order valence-electron chi connectivity index (χ3n) is 3.04. The number of phenols is 1. The molecule has 3 heteroatoms. The van der Waals surface area contributed by atoms with Crippen molar-refractivity contribution in [3.63, 3.8) is 0 Å². The van der Waals surface area contributed by atoms with E-state index in [0.717, 1.165) is 11.5 Å². The highest BCUT2D eigenvalue weighted by atomic mass is 35.5. The lowest BCUT2D eigenvalue weighted by molar-refractivity contribution is 0.239. The second-order valence-electron chi connectivity index (χ2n) is 4.39. The summed E-state index contributed by atoms with van der Waals surface area (Å²) in [6.07, 6.45) is 2.45. The van der Waals surface area contributed by atoms with Crippen molar-refractivity contribution in [2.45, 2.75) is 32.4 Å². The molecule has 0 radical (unpaired) electrons. The molecule has 0 heterocycles. The first kappa shape index (κ1) is 10.8. The average molecular weight is 226 g/mol. The Morgan fingerprint density at radius 2 is 2.20 bits per heavy atom. The highest BCUT2D eigenvalue weighted by Crippen LogP contribution is 2.29. The van der Waals surface area contributed by atoms with Crippen LogP contribution in [0.25, 0.3) is 0 Å². The van der Waals surface area contributed by atoms with Crippen molar-refractivity contribution >= 4 is 11.6 Å². The Morgan fingerprint density at radius 1 is 1.47 bits per heavy atom. The van der Waals surface area contributed by atoms with Gasteiger partial charge in [0.05, 0.1) is 0 Å². The fourth-order valence-electron chi connectivity index (χ4n) is 2.04. The van der Waals surface area contributed by atoms with E-state index >= 15 is 0 Å². The van der Waals surface area contributed by atoms with E-state index in [2.05, 4.69) is 12.2 Å². The summed E-state index contributed by atoms with van der Waals surface area (Å²) >= 11 is 6.00. The summed E-state index contributed by atoms with van der Waals surface area (Å²) in [5, 5.41) is 13.7. The van der Waals surface area contributed by atoms with Crippen LogP contribution in [0.3, 0.4) is 0 Å². The Labute approximate surface area is 95.3 Å². The number of halogens is 1. The molecule has 2 nitrogen and oxygen atoms in total. The molecule has 0 saturated heterocycles. The van der Waals surface area contributed by atoms with Gasteiger partial charge in [-0.3, -0.25) is 0 Å². The molecule has 0 aliphatic heterocycles. The second-order valence-corrected chi connectivity index (χ2v) is 4.80. The predicted octanol–water partition coefficient (Wildman–Crippen LogP) is 2.93. The SMILES string of the molecule is CC1CC(NCc2c(O)cccc2Cl)C1. The van der Waals surface area contributed by atoms with Crippen LogP contribution in [0.1, 0.15) is 25.3 Å². The molecule has 1 saturated carbocycles. The van der Waals surface area contributed by atoms with Gasteiger partial charge in [-0.05, 0) is 30.9 Å². The maximum absolute atomic E-state index is 9.62. The van der Waals surface area contributed by atoms with E-state index in [1.807, 2.05) is 6.07 Å². The van der Waals surface area contributed by atoms with Crippen molar-refractivity contribution in [1.29, 1.82) is 0 Å². The van der Waals surface area contributed by atoms with Crippen LogP contribution in [-0.4, -0.2) is 11.1 Å². The van der Waals surface area contributed by atoms with Gasteiger partial charge in [-0.15, -0.1) is 0 Å². The highest BCUT2D eigenvalue weighted by Gasteiger charge is 2.24. The van der Waals surface area contributed by atoms with Crippen LogP contribution in [0.15, 0.2) is 18.2 Å². The van der Waals surface area contributed by atoms with Gasteiger partial charge < -0.3 is 10.4 Å². The summed E-state index contributed by atoms with van der Waals surface area (Å²) < 4.78 is 0. The van der Waals surface area contributed by atoms with Crippen molar-refractivity contribution in [3.8, 4) is 5.75 Å². The number of phenolic OH excluding ortho intramolecular Hbond substituents is 1. The van der Waals surface area contributed by atoms with Crippen LogP contribution in [0.2, 0.25) is 5.02 Å². The zero-order valence-corrected chi connectivity index (χ0v) is 9.59. The smallest absolute Gasteiger partial charge is 0.121 e. The Kier molecular flexibility index (Phi) is 3.17. The molecule has 2 rings (SSSR count). The van der Waals surface area contributed by atoms with Gasteiger partial charge in [0.2, 0.25) is 0 Å². The second kappa shape index (κ2) is 4.42. The van der Waals surface area contributed by atoms with Gasteiger partial charge in [-0.2, -0.15) is 0 Å². The lowest BCUT2D eigenvalue weighted by Gasteiger charge is -2.33. The lowest BCUT2D eigenvalue weighted by atomic mass is 9.82. The van der Waals surface area contributed by atoms with Gasteiger partial charge in [-0.25, -0.2) is 0 Å². The van der Waals surface area contributed by atoms with Crippen molar-refractivity contribution in [2.24, 2.45) is 5.92 Å². The van der Waals surface area contributed by atoms with Gasteiger partial charge in [0, 0.05) is 23.2 Å². The van der Waals surface area contributed by atoms with E-state index in [-0.39, 0.29) is 5.75 Å². The van der Waals surface area contributed by atoms with Crippen LogP contribution in [0.5, 0.6) is 5.75 Å². The maximum atomic E-state index is 9.62. The first-order valence-electron chi connectivity index (χ1n) is 5.36. The summed E-state index contributed by atoms with van der Waals surface area (Å²) in [5.74, 6) is 1.12. The van der Waals surface area contributed by atoms with E-state index in [1.54, 1.807) is 12.1 Å². The van der Waals surface area contributed by atoms with E-state index in [4.69, 9.17) is 11.6 Å². The third kappa shape index (κ3) is 2.44. The minimum absolute atomic E-state index is 0.280. The number of aromatic hydroxyl groups is 1. The molecule has 1 aliphatic carbocycles. The molecule has 15 heavy (non-hydrogen) atoms. The zero-order chi connectivity index (χ0) is 10.8. The number of rotatable bonds is 3. The number of benzene rings is 1. The molecule has 2 N–H and O–H groups in total. The molecular weight excluding hydrogens is 210 g/mol. The topological polar surface area (TPSA) is 32.3 Å². The van der Waals surface area contributed by atoms with Gasteiger partial charge >= 0.3 is 0 Å². The first-order valence-corrected chi connectivity index (χ1v) is 5.74. The summed E-state index contributed by atoms with van der Waals surface area (Å²) in [6, 6.07) is 5.83. The van der Waals surface area contributed by atoms with Crippen LogP contribution >= 0.6 is 11.6 Å². The largest absolute Gasteiger partial charge is 0.508 e. The van der Waals surface area contributed by atoms with Gasteiger partial charge in [0.25, 0.3) is 0 Å². The molecular formula is C12H16ClNO. The molecule has 1 aliphatic rings. The summed E-state index contributed by atoms with van der Waals surface area (Å²) in [7, 11) is 0. The zero-order valence-electron chi connectivity index (χ0n) is 8.83. The molecule has 0 atom stereocenters. The van der Waals surface area contributed by atoms with E-state index in [0.29, 0.717) is 17.6 Å². The summed E-state index contributed by atoms with van der Waals surface area (Å²) in [6.45, 7) is 2.91. The number of nitrogens with one attached hydrogen (secondary N) is 1. The molecule has 1 fully saturated rings. The maximum Gasteiger partial charge on any atom is 0.121 e. The highest BCUT2D eigenvalue weighted by molar-refractivity contribution is 6.31. The van der Waals surface area contributed by atoms with Gasteiger partial charge in [0.15, 0.2) is 0 Å². The van der Waals surface area contributed by atoms with Crippen LogP contribution in [-0.2, 0) is 6.54 Å². The van der Waals surface area contributed by atoms with Crippen LogP contribution < -0.4 is 5.32 Å². The monoisotopic (exact) mass is 225 g/mol. The normalized spacial score (nSPS) is 24.9. The fourth-order valence-corrected chi connectivity index (χ4v) is 2.27. The van der Waals surface area contributed by atoms with Crippen molar-refractivity contribution in [1.82, 2.24) is 5.32 Å². The van der Waals surface area contributed by atoms with Crippen molar-refractivity contribution < 1.29 is 5.11 Å². The van der Waals surface area contributed by atoms with Gasteiger partial charge in [0.1, 0.15) is 5.75 Å². The van der Waals surface area contributed by atoms with Crippen molar-refractivity contribution in [3.05, 3.63) is 28.8 Å². The molecule has 1 aromatic carbocycles. The van der Waals surface area contributed by atoms with Crippen molar-refractivity contribution in [2.75, 3.05) is 0 Å². The predicted molar refractivity (Wildman–Crippen MR) is 62.1 cm³/mol. The third-order valence-corrected chi connectivity index (χ3v) is 3.39. The fraction of sp³-hybridized carbons (Fsp3) is 0.500. The Balaban J connectivity index is 1.93. The Hall–Kier alpha value is -0.730. The first-order chi connectivity index (χ1) is 7.16. The average Bonchev–Trinajstić information content (AvgIpc) is 2.14. The van der Waals surface area contributed by atoms with Gasteiger partial charge in [-0.1, -0.05) is 24.6 Å². The molecule has 0 spiro atoms. The molecule has 0 amide bonds. The van der Waals surface area contributed by atoms with E-state index in [9.17, 15) is 5.11 Å². The number of hydrogen-bond donors (Lipinski definition) is 2. The van der Waals surface area contributed by atoms with E-state index in [1.165, 1.54) is 12.8 Å². The minimum atomic E-state index is 0.280. The standard InChI is InChI=1S/C12H16ClNO/c1-8-5-9(6-8)14-7-10-11(13)3-2-4-12(10)15/h2-4,8-9,14-15H,5-7H2,1H3. The molecule has 82 valence electrons. The van der Waals surface area contributed by atoms with Crippen LogP contribution in [0.4, 0.5) is 0 Å². The summed E-state index contributed by atoms with van der Waals surface area (Å²) in [4.78, 5) is 0. The quantitative estimate of drug-likeness (QED) is 0.829. The Morgan fingerprint density at radius 3 is 2.80 bits per heavy atom. The minimum Gasteiger partial charge on any atom is -0.508 e. The van der Waals surface area contributed by atoms with E-state index < -0.39 is 0 Å². The molecule has 1 aromatic rings. The lowest BCUT2D eigenvalue weighted by Crippen LogP contribution is -2.39. The number of hydrogen-bond acceptors (Lipinski definition) is 2.